The van der Waals surface area contributed by atoms with Gasteiger partial charge in [-0.2, -0.15) is 0 Å². The van der Waals surface area contributed by atoms with Crippen molar-refractivity contribution in [1.29, 1.82) is 10.8 Å². The van der Waals surface area contributed by atoms with E-state index in [-0.39, 0.29) is 36.7 Å². The molecule has 1 aliphatic carbocycles. The molecule has 1 saturated carbocycles. The number of carbonyl (C=O) groups excluding carboxylic acids is 1. The first-order chi connectivity index (χ1) is 15.1. The smallest absolute Gasteiger partial charge is 0.323 e. The monoisotopic (exact) mass is 444 g/mol. The van der Waals surface area contributed by atoms with Crippen LogP contribution in [-0.4, -0.2) is 44.3 Å². The summed E-state index contributed by atoms with van der Waals surface area (Å²) in [5.41, 5.74) is -0.00898. The van der Waals surface area contributed by atoms with Crippen LogP contribution in [0.3, 0.4) is 0 Å². The van der Waals surface area contributed by atoms with Gasteiger partial charge in [0.25, 0.3) is 0 Å². The topological polar surface area (TPSA) is 115 Å². The van der Waals surface area contributed by atoms with Gasteiger partial charge in [0.15, 0.2) is 17.5 Å². The van der Waals surface area contributed by atoms with Crippen molar-refractivity contribution in [3.8, 4) is 11.4 Å². The first-order valence-electron chi connectivity index (χ1n) is 10.3. The molecule has 2 amide bonds. The molecule has 3 N–H and O–H groups in total. The van der Waals surface area contributed by atoms with E-state index in [1.54, 1.807) is 6.92 Å². The van der Waals surface area contributed by atoms with Gasteiger partial charge in [0.05, 0.1) is 18.1 Å². The maximum absolute atomic E-state index is 14.7. The number of piperidine rings is 1. The number of hydrogen-bond acceptors (Lipinski definition) is 6. The number of hydrogen-bond donors (Lipinski definition) is 3. The molecule has 2 heterocycles. The number of aromatic nitrogens is 2. The zero-order valence-corrected chi connectivity index (χ0v) is 18.0. The number of carbonyl (C=O) groups is 1. The van der Waals surface area contributed by atoms with Gasteiger partial charge in [0.1, 0.15) is 11.4 Å². The lowest BCUT2D eigenvalue weighted by atomic mass is 9.64. The summed E-state index contributed by atoms with van der Waals surface area (Å²) < 4.78 is 33.1. The van der Waals surface area contributed by atoms with Gasteiger partial charge in [-0.05, 0) is 43.4 Å². The first-order valence-corrected chi connectivity index (χ1v) is 10.3. The predicted molar refractivity (Wildman–Crippen MR) is 117 cm³/mol. The van der Waals surface area contributed by atoms with Crippen molar-refractivity contribution in [2.24, 2.45) is 5.92 Å². The highest BCUT2D eigenvalue weighted by Crippen LogP contribution is 2.50. The summed E-state index contributed by atoms with van der Waals surface area (Å²) in [6.45, 7) is 5.15. The molecule has 1 aromatic heterocycles. The molecule has 3 unspecified atom stereocenters. The number of halogens is 2. The molecule has 10 heteroatoms. The summed E-state index contributed by atoms with van der Waals surface area (Å²) in [4.78, 5) is 22.6. The Hall–Kier alpha value is -3.43. The van der Waals surface area contributed by atoms with Crippen molar-refractivity contribution < 1.29 is 19.7 Å². The van der Waals surface area contributed by atoms with E-state index in [0.29, 0.717) is 24.0 Å². The molecule has 32 heavy (non-hydrogen) atoms. The molecular weight excluding hydrogens is 418 g/mol. The van der Waals surface area contributed by atoms with Gasteiger partial charge in [-0.15, -0.1) is 0 Å². The van der Waals surface area contributed by atoms with Crippen molar-refractivity contribution >= 4 is 23.5 Å². The molecular formula is C22H26F2N6O2. The Labute approximate surface area is 185 Å². The molecule has 0 spiro atoms. The number of nitrogens with one attached hydrogen (secondary N) is 3. The fraction of sp³-hybridized carbons (Fsp3) is 0.409. The third-order valence-corrected chi connectivity index (χ3v) is 6.07. The molecule has 1 saturated heterocycles. The molecule has 0 radical (unpaired) electrons. The van der Waals surface area contributed by atoms with Crippen LogP contribution < -0.4 is 5.32 Å². The van der Waals surface area contributed by atoms with E-state index < -0.39 is 23.2 Å². The first kappa shape index (κ1) is 21.8. The predicted octanol–water partition coefficient (Wildman–Crippen LogP) is 4.74. The number of ether oxygens (including phenoxy) is 1. The number of likely N-dealkylation sites (tertiary alicyclic amines) is 1. The highest BCUT2D eigenvalue weighted by molar-refractivity contribution is 6.00. The molecule has 3 atom stereocenters. The Balaban J connectivity index is 0.00000306. The van der Waals surface area contributed by atoms with Crippen LogP contribution in [-0.2, 0) is 4.74 Å². The van der Waals surface area contributed by atoms with Crippen LogP contribution in [0.2, 0.25) is 0 Å². The number of urea groups is 1. The fourth-order valence-electron chi connectivity index (χ4n) is 4.85. The molecule has 1 aliphatic heterocycles. The van der Waals surface area contributed by atoms with Crippen LogP contribution in [0.25, 0.3) is 11.4 Å². The van der Waals surface area contributed by atoms with Crippen molar-refractivity contribution in [2.45, 2.75) is 51.6 Å². The van der Waals surface area contributed by atoms with Gasteiger partial charge < -0.3 is 15.0 Å². The van der Waals surface area contributed by atoms with E-state index in [2.05, 4.69) is 22.2 Å². The Kier molecular flexibility index (Phi) is 5.39. The number of fused-ring (bicyclic) bond motifs is 2. The second-order valence-corrected chi connectivity index (χ2v) is 8.59. The summed E-state index contributed by atoms with van der Waals surface area (Å²) >= 11 is 0. The SMILES string of the molecule is CC(=N)OC(=N)C12CC(C)CC(C1)N2C(=O)Nc1cc(-c2ncc(F)cn2)c(C)cc1F.[HH]. The molecule has 2 aromatic rings. The second-order valence-electron chi connectivity index (χ2n) is 8.59. The van der Waals surface area contributed by atoms with Crippen molar-refractivity contribution in [3.63, 3.8) is 0 Å². The number of amides is 2. The third-order valence-electron chi connectivity index (χ3n) is 6.07. The summed E-state index contributed by atoms with van der Waals surface area (Å²) in [5, 5.41) is 18.5. The molecule has 2 fully saturated rings. The van der Waals surface area contributed by atoms with E-state index in [1.807, 2.05) is 0 Å². The molecule has 170 valence electrons. The van der Waals surface area contributed by atoms with Crippen LogP contribution in [0, 0.1) is 35.3 Å². The molecule has 1 aromatic carbocycles. The maximum Gasteiger partial charge on any atom is 0.323 e. The maximum atomic E-state index is 14.7. The van der Waals surface area contributed by atoms with Crippen LogP contribution in [0.5, 0.6) is 0 Å². The van der Waals surface area contributed by atoms with Gasteiger partial charge in [-0.1, -0.05) is 6.92 Å². The Morgan fingerprint density at radius 2 is 1.97 bits per heavy atom. The van der Waals surface area contributed by atoms with Crippen LogP contribution in [0.15, 0.2) is 24.5 Å². The van der Waals surface area contributed by atoms with Gasteiger partial charge >= 0.3 is 6.03 Å². The average Bonchev–Trinajstić information content (AvgIpc) is 2.69. The van der Waals surface area contributed by atoms with Crippen molar-refractivity contribution in [2.75, 3.05) is 5.32 Å². The Morgan fingerprint density at radius 1 is 1.28 bits per heavy atom. The second kappa shape index (κ2) is 7.92. The number of anilines is 1. The van der Waals surface area contributed by atoms with Crippen LogP contribution in [0.4, 0.5) is 19.3 Å². The minimum atomic E-state index is -0.946. The number of aryl methyl sites for hydroxylation is 1. The molecule has 8 nitrogen and oxygen atoms in total. The van der Waals surface area contributed by atoms with Crippen molar-refractivity contribution in [1.82, 2.24) is 14.9 Å². The molecule has 2 aliphatic rings. The Morgan fingerprint density at radius 3 is 2.62 bits per heavy atom. The van der Waals surface area contributed by atoms with E-state index in [9.17, 15) is 13.6 Å². The highest BCUT2D eigenvalue weighted by Gasteiger charge is 2.62. The largest absolute Gasteiger partial charge is 0.428 e. The summed E-state index contributed by atoms with van der Waals surface area (Å²) in [7, 11) is 0. The summed E-state index contributed by atoms with van der Waals surface area (Å²) in [6, 6.07) is 2.04. The minimum Gasteiger partial charge on any atom is -0.428 e. The summed E-state index contributed by atoms with van der Waals surface area (Å²) in [6.07, 6.45) is 3.92. The standard InChI is InChI=1S/C22H24F2N6O2.H2/c1-11-4-15-8-22(7-11,20(26)32-13(3)25)30(15)21(31)29-18-6-16(12(2)5-17(18)24)19-27-9-14(23)10-28-19;/h5-6,9-11,15,25-26H,4,7-8H2,1-3H3,(H,29,31);1H. The zero-order valence-electron chi connectivity index (χ0n) is 18.0. The Bertz CT molecular complexity index is 1110. The quantitative estimate of drug-likeness (QED) is 0.468. The fourth-order valence-corrected chi connectivity index (χ4v) is 4.85. The number of benzene rings is 1. The van der Waals surface area contributed by atoms with Gasteiger partial charge in [-0.25, -0.2) is 23.5 Å². The van der Waals surface area contributed by atoms with E-state index in [1.165, 1.54) is 24.0 Å². The minimum absolute atomic E-state index is 0. The normalized spacial score (nSPS) is 23.8. The van der Waals surface area contributed by atoms with Gasteiger partial charge in [-0.3, -0.25) is 10.8 Å². The van der Waals surface area contributed by atoms with Gasteiger partial charge in [0, 0.05) is 26.4 Å². The number of rotatable bonds is 3. The van der Waals surface area contributed by atoms with E-state index in [0.717, 1.165) is 18.8 Å². The molecule has 2 bridgehead atoms. The van der Waals surface area contributed by atoms with E-state index in [4.69, 9.17) is 15.6 Å². The van der Waals surface area contributed by atoms with Crippen LogP contribution in [0.1, 0.15) is 40.1 Å². The molecule has 4 rings (SSSR count). The van der Waals surface area contributed by atoms with Crippen LogP contribution >= 0.6 is 0 Å². The average molecular weight is 444 g/mol. The van der Waals surface area contributed by atoms with Gasteiger partial charge in [0.2, 0.25) is 5.90 Å². The zero-order chi connectivity index (χ0) is 23.2. The third kappa shape index (κ3) is 3.69. The summed E-state index contributed by atoms with van der Waals surface area (Å²) in [5.74, 6) is -0.992. The highest BCUT2D eigenvalue weighted by atomic mass is 19.1. The van der Waals surface area contributed by atoms with E-state index >= 15 is 0 Å². The lowest BCUT2D eigenvalue weighted by molar-refractivity contribution is -0.0539. The number of nitrogens with zero attached hydrogens (tertiary/aromatic N) is 3. The lowest BCUT2D eigenvalue weighted by Crippen LogP contribution is -2.75. The lowest BCUT2D eigenvalue weighted by Gasteiger charge is -2.62. The van der Waals surface area contributed by atoms with Crippen molar-refractivity contribution in [3.05, 3.63) is 41.7 Å².